The molecule has 6 heteroatoms. The summed E-state index contributed by atoms with van der Waals surface area (Å²) in [5, 5.41) is 2.79. The molecule has 1 fully saturated rings. The third-order valence-electron chi connectivity index (χ3n) is 5.27. The fourth-order valence-corrected chi connectivity index (χ4v) is 3.30. The van der Waals surface area contributed by atoms with Gasteiger partial charge in [-0.3, -0.25) is 14.5 Å². The van der Waals surface area contributed by atoms with Crippen LogP contribution in [-0.4, -0.2) is 56.0 Å². The lowest BCUT2D eigenvalue weighted by Crippen LogP contribution is -2.50. The van der Waals surface area contributed by atoms with E-state index in [0.717, 1.165) is 24.4 Å². The van der Waals surface area contributed by atoms with Gasteiger partial charge in [-0.05, 0) is 56.1 Å². The van der Waals surface area contributed by atoms with E-state index in [1.807, 2.05) is 38.1 Å². The first-order valence-electron chi connectivity index (χ1n) is 9.92. The molecule has 1 N–H and O–H groups in total. The van der Waals surface area contributed by atoms with Gasteiger partial charge in [-0.2, -0.15) is 0 Å². The summed E-state index contributed by atoms with van der Waals surface area (Å²) in [5.41, 5.74) is 0.783. The fourth-order valence-electron chi connectivity index (χ4n) is 3.30. The van der Waals surface area contributed by atoms with Crippen molar-refractivity contribution in [2.75, 3.05) is 38.2 Å². The highest BCUT2D eigenvalue weighted by Crippen LogP contribution is 2.21. The standard InChI is InChI=1S/C21H33N3O3/c1-5-16(2)20(22-17(3)25)21(26)23(4)18-8-10-19(11-9-18)27-15-14-24-12-6-7-13-24/h8-11,16,20H,5-7,12-15H2,1-4H3,(H,22,25)/t16-,20-/m0/s1. The van der Waals surface area contributed by atoms with Gasteiger partial charge in [-0.1, -0.05) is 20.3 Å². The van der Waals surface area contributed by atoms with Gasteiger partial charge in [0.1, 0.15) is 18.4 Å². The van der Waals surface area contributed by atoms with E-state index in [1.165, 1.54) is 32.9 Å². The van der Waals surface area contributed by atoms with Crippen LogP contribution in [0.1, 0.15) is 40.0 Å². The van der Waals surface area contributed by atoms with Gasteiger partial charge in [0.25, 0.3) is 0 Å². The van der Waals surface area contributed by atoms with Gasteiger partial charge < -0.3 is 15.0 Å². The molecule has 6 nitrogen and oxygen atoms in total. The molecule has 2 rings (SSSR count). The van der Waals surface area contributed by atoms with E-state index in [4.69, 9.17) is 4.74 Å². The second-order valence-corrected chi connectivity index (χ2v) is 7.35. The van der Waals surface area contributed by atoms with Gasteiger partial charge in [0.2, 0.25) is 11.8 Å². The minimum absolute atomic E-state index is 0.0667. The van der Waals surface area contributed by atoms with E-state index in [2.05, 4.69) is 10.2 Å². The Bertz CT molecular complexity index is 612. The van der Waals surface area contributed by atoms with Crippen molar-refractivity contribution in [3.8, 4) is 5.75 Å². The molecule has 0 aromatic heterocycles. The average molecular weight is 376 g/mol. The van der Waals surface area contributed by atoms with Crippen LogP contribution in [0.25, 0.3) is 0 Å². The highest BCUT2D eigenvalue weighted by atomic mass is 16.5. The van der Waals surface area contributed by atoms with Crippen molar-refractivity contribution < 1.29 is 14.3 Å². The molecule has 1 aliphatic heterocycles. The van der Waals surface area contributed by atoms with E-state index >= 15 is 0 Å². The number of nitrogens with zero attached hydrogens (tertiary/aromatic N) is 2. The summed E-state index contributed by atoms with van der Waals surface area (Å²) >= 11 is 0. The van der Waals surface area contributed by atoms with Crippen LogP contribution in [0.5, 0.6) is 5.75 Å². The van der Waals surface area contributed by atoms with Crippen LogP contribution in [0.4, 0.5) is 5.69 Å². The van der Waals surface area contributed by atoms with Crippen molar-refractivity contribution in [2.45, 2.75) is 46.1 Å². The number of hydrogen-bond acceptors (Lipinski definition) is 4. The minimum atomic E-state index is -0.520. The molecular weight excluding hydrogens is 342 g/mol. The van der Waals surface area contributed by atoms with Gasteiger partial charge in [0.15, 0.2) is 0 Å². The summed E-state index contributed by atoms with van der Waals surface area (Å²) in [6.07, 6.45) is 3.38. The summed E-state index contributed by atoms with van der Waals surface area (Å²) in [5.74, 6) is 0.572. The first kappa shape index (κ1) is 21.2. The lowest BCUT2D eigenvalue weighted by molar-refractivity contribution is -0.127. The molecule has 1 aliphatic rings. The van der Waals surface area contributed by atoms with Crippen molar-refractivity contribution in [1.82, 2.24) is 10.2 Å². The predicted octanol–water partition coefficient (Wildman–Crippen LogP) is 2.67. The van der Waals surface area contributed by atoms with Crippen LogP contribution in [-0.2, 0) is 9.59 Å². The minimum Gasteiger partial charge on any atom is -0.492 e. The summed E-state index contributed by atoms with van der Waals surface area (Å²) in [7, 11) is 1.74. The Balaban J connectivity index is 1.93. The summed E-state index contributed by atoms with van der Waals surface area (Å²) < 4.78 is 5.82. The number of ether oxygens (including phenoxy) is 1. The van der Waals surface area contributed by atoms with E-state index < -0.39 is 6.04 Å². The van der Waals surface area contributed by atoms with Gasteiger partial charge in [-0.25, -0.2) is 0 Å². The third-order valence-corrected chi connectivity index (χ3v) is 5.27. The second kappa shape index (κ2) is 10.3. The Kier molecular flexibility index (Phi) is 8.10. The number of likely N-dealkylation sites (N-methyl/N-ethyl adjacent to an activating group) is 1. The smallest absolute Gasteiger partial charge is 0.249 e. The van der Waals surface area contributed by atoms with Crippen LogP contribution in [0.2, 0.25) is 0 Å². The number of nitrogens with one attached hydrogen (secondary N) is 1. The molecule has 0 saturated carbocycles. The molecule has 2 atom stereocenters. The largest absolute Gasteiger partial charge is 0.492 e. The number of carbonyl (C=O) groups is 2. The van der Waals surface area contributed by atoms with Gasteiger partial charge in [-0.15, -0.1) is 0 Å². The highest BCUT2D eigenvalue weighted by Gasteiger charge is 2.28. The normalized spacial score (nSPS) is 16.6. The Hall–Kier alpha value is -2.08. The lowest BCUT2D eigenvalue weighted by Gasteiger charge is -2.28. The fraction of sp³-hybridized carbons (Fsp3) is 0.619. The Labute approximate surface area is 162 Å². The Morgan fingerprint density at radius 1 is 1.22 bits per heavy atom. The molecule has 0 unspecified atom stereocenters. The Morgan fingerprint density at radius 3 is 2.41 bits per heavy atom. The molecule has 0 bridgehead atoms. The first-order chi connectivity index (χ1) is 12.9. The molecule has 0 aliphatic carbocycles. The van der Waals surface area contributed by atoms with Crippen LogP contribution in [0, 0.1) is 5.92 Å². The molecular formula is C21H33N3O3. The van der Waals surface area contributed by atoms with Gasteiger partial charge in [0, 0.05) is 26.2 Å². The molecule has 1 aromatic rings. The predicted molar refractivity (Wildman–Crippen MR) is 108 cm³/mol. The monoisotopic (exact) mass is 375 g/mol. The number of rotatable bonds is 9. The number of carbonyl (C=O) groups excluding carboxylic acids is 2. The second-order valence-electron chi connectivity index (χ2n) is 7.35. The van der Waals surface area contributed by atoms with E-state index in [1.54, 1.807) is 11.9 Å². The summed E-state index contributed by atoms with van der Waals surface area (Å²) in [6, 6.07) is 7.02. The van der Waals surface area contributed by atoms with Crippen molar-refractivity contribution in [3.05, 3.63) is 24.3 Å². The average Bonchev–Trinajstić information content (AvgIpc) is 3.18. The van der Waals surface area contributed by atoms with Crippen LogP contribution < -0.4 is 15.0 Å². The zero-order chi connectivity index (χ0) is 19.8. The maximum Gasteiger partial charge on any atom is 0.249 e. The number of amides is 2. The summed E-state index contributed by atoms with van der Waals surface area (Å²) in [4.78, 5) is 28.3. The molecule has 1 saturated heterocycles. The molecule has 1 heterocycles. The van der Waals surface area contributed by atoms with Gasteiger partial charge in [0.05, 0.1) is 0 Å². The highest BCUT2D eigenvalue weighted by molar-refractivity contribution is 5.98. The topological polar surface area (TPSA) is 61.9 Å². The van der Waals surface area contributed by atoms with Crippen LogP contribution >= 0.6 is 0 Å². The van der Waals surface area contributed by atoms with Crippen molar-refractivity contribution in [3.63, 3.8) is 0 Å². The lowest BCUT2D eigenvalue weighted by atomic mass is 9.97. The van der Waals surface area contributed by atoms with Gasteiger partial charge >= 0.3 is 0 Å². The first-order valence-corrected chi connectivity index (χ1v) is 9.92. The molecule has 0 spiro atoms. The molecule has 1 aromatic carbocycles. The zero-order valence-electron chi connectivity index (χ0n) is 17.0. The van der Waals surface area contributed by atoms with E-state index in [0.29, 0.717) is 6.61 Å². The third kappa shape index (κ3) is 6.24. The van der Waals surface area contributed by atoms with Crippen LogP contribution in [0.3, 0.4) is 0 Å². The summed E-state index contributed by atoms with van der Waals surface area (Å²) in [6.45, 7) is 9.39. The SMILES string of the molecule is CC[C@H](C)[C@H](NC(C)=O)C(=O)N(C)c1ccc(OCCN2CCCC2)cc1. The molecule has 27 heavy (non-hydrogen) atoms. The van der Waals surface area contributed by atoms with E-state index in [9.17, 15) is 9.59 Å². The zero-order valence-corrected chi connectivity index (χ0v) is 17.0. The maximum atomic E-state index is 12.9. The van der Waals surface area contributed by atoms with E-state index in [-0.39, 0.29) is 17.7 Å². The van der Waals surface area contributed by atoms with Crippen molar-refractivity contribution in [2.24, 2.45) is 5.92 Å². The van der Waals surface area contributed by atoms with Crippen molar-refractivity contribution >= 4 is 17.5 Å². The molecule has 2 amide bonds. The number of anilines is 1. The Morgan fingerprint density at radius 2 is 1.85 bits per heavy atom. The van der Waals surface area contributed by atoms with Crippen LogP contribution in [0.15, 0.2) is 24.3 Å². The molecule has 0 radical (unpaired) electrons. The quantitative estimate of drug-likeness (QED) is 0.721. The maximum absolute atomic E-state index is 12.9. The number of likely N-dealkylation sites (tertiary alicyclic amines) is 1. The molecule has 150 valence electrons. The van der Waals surface area contributed by atoms with Crippen molar-refractivity contribution in [1.29, 1.82) is 0 Å². The number of hydrogen-bond donors (Lipinski definition) is 1. The number of benzene rings is 1.